The van der Waals surface area contributed by atoms with Crippen LogP contribution in [-0.4, -0.2) is 52.2 Å². The van der Waals surface area contributed by atoms with Gasteiger partial charge in [0.05, 0.1) is 12.1 Å². The monoisotopic (exact) mass is 567 g/mol. The maximum absolute atomic E-state index is 12.7. The highest BCUT2D eigenvalue weighted by atomic mass is 32.1. The van der Waals surface area contributed by atoms with Gasteiger partial charge >= 0.3 is 12.2 Å². The molecule has 0 radical (unpaired) electrons. The summed E-state index contributed by atoms with van der Waals surface area (Å²) in [6.45, 7) is 11.0. The molecule has 3 N–H and O–H groups in total. The summed E-state index contributed by atoms with van der Waals surface area (Å²) in [5.41, 5.74) is 4.38. The molecule has 2 aromatic carbocycles. The Morgan fingerprint density at radius 3 is 2.05 bits per heavy atom. The molecule has 0 aliphatic heterocycles. The van der Waals surface area contributed by atoms with Crippen molar-refractivity contribution in [2.45, 2.75) is 77.9 Å². The molecular weight excluding hydrogens is 526 g/mol. The van der Waals surface area contributed by atoms with Gasteiger partial charge in [0.25, 0.3) is 0 Å². The first-order valence-electron chi connectivity index (χ1n) is 13.4. The summed E-state index contributed by atoms with van der Waals surface area (Å²) in [6.07, 6.45) is -1.93. The van der Waals surface area contributed by atoms with Crippen molar-refractivity contribution in [3.8, 4) is 10.4 Å². The van der Waals surface area contributed by atoms with Crippen molar-refractivity contribution < 1.29 is 24.2 Å². The number of amides is 2. The van der Waals surface area contributed by atoms with Crippen LogP contribution in [0.5, 0.6) is 0 Å². The van der Waals surface area contributed by atoms with Crippen molar-refractivity contribution >= 4 is 23.5 Å². The number of hydrazine groups is 1. The quantitative estimate of drug-likeness (QED) is 0.254. The number of thiophene rings is 1. The zero-order valence-electron chi connectivity index (χ0n) is 24.1. The first-order valence-corrected chi connectivity index (χ1v) is 14.2. The molecule has 0 aliphatic rings. The molecule has 2 atom stereocenters. The maximum Gasteiger partial charge on any atom is 0.422 e. The summed E-state index contributed by atoms with van der Waals surface area (Å²) in [5, 5.41) is 17.8. The topological polar surface area (TPSA) is 100 Å². The Morgan fingerprint density at radius 2 is 1.48 bits per heavy atom. The summed E-state index contributed by atoms with van der Waals surface area (Å²) in [5.74, 6) is 0. The smallest absolute Gasteiger partial charge is 0.422 e. The van der Waals surface area contributed by atoms with Crippen LogP contribution in [0.15, 0.2) is 72.1 Å². The van der Waals surface area contributed by atoms with E-state index in [9.17, 15) is 14.7 Å². The third-order valence-electron chi connectivity index (χ3n) is 5.65. The molecule has 216 valence electrons. The molecule has 1 aromatic heterocycles. The van der Waals surface area contributed by atoms with Crippen molar-refractivity contribution in [3.63, 3.8) is 0 Å². The zero-order valence-corrected chi connectivity index (χ0v) is 25.0. The summed E-state index contributed by atoms with van der Waals surface area (Å²) in [7, 11) is 0. The summed E-state index contributed by atoms with van der Waals surface area (Å²) in [6, 6.07) is 21.0. The zero-order chi connectivity index (χ0) is 29.3. The number of aliphatic hydroxyl groups is 1. The highest BCUT2D eigenvalue weighted by molar-refractivity contribution is 7.13. The van der Waals surface area contributed by atoms with Crippen LogP contribution in [0.4, 0.5) is 9.59 Å². The van der Waals surface area contributed by atoms with Crippen molar-refractivity contribution in [3.05, 3.63) is 83.2 Å². The van der Waals surface area contributed by atoms with E-state index in [1.54, 1.807) is 57.9 Å². The first kappa shape index (κ1) is 31.1. The average Bonchev–Trinajstić information content (AvgIpc) is 3.37. The summed E-state index contributed by atoms with van der Waals surface area (Å²) in [4.78, 5) is 26.5. The molecule has 0 fully saturated rings. The van der Waals surface area contributed by atoms with Crippen LogP contribution in [0, 0.1) is 0 Å². The normalized spacial score (nSPS) is 13.4. The van der Waals surface area contributed by atoms with Gasteiger partial charge < -0.3 is 19.9 Å². The molecule has 0 bridgehead atoms. The molecule has 0 spiro atoms. The fraction of sp³-hybridized carbons (Fsp3) is 0.419. The van der Waals surface area contributed by atoms with E-state index in [0.717, 1.165) is 16.7 Å². The number of hydrogen-bond donors (Lipinski definition) is 3. The predicted octanol–water partition coefficient (Wildman–Crippen LogP) is 6.15. The van der Waals surface area contributed by atoms with Gasteiger partial charge in [-0.15, -0.1) is 11.3 Å². The van der Waals surface area contributed by atoms with E-state index >= 15 is 0 Å². The van der Waals surface area contributed by atoms with Crippen molar-refractivity contribution in [1.82, 2.24) is 15.8 Å². The highest BCUT2D eigenvalue weighted by Gasteiger charge is 2.28. The van der Waals surface area contributed by atoms with Gasteiger partial charge in [-0.1, -0.05) is 60.7 Å². The molecule has 0 saturated heterocycles. The van der Waals surface area contributed by atoms with Crippen LogP contribution < -0.4 is 10.7 Å². The molecule has 8 nitrogen and oxygen atoms in total. The van der Waals surface area contributed by atoms with Gasteiger partial charge in [0.1, 0.15) is 11.2 Å². The molecule has 2 amide bonds. The molecular formula is C31H41N3O5S. The first-order chi connectivity index (χ1) is 18.8. The van der Waals surface area contributed by atoms with Crippen LogP contribution >= 0.6 is 11.3 Å². The van der Waals surface area contributed by atoms with Gasteiger partial charge in [-0.05, 0) is 76.1 Å². The van der Waals surface area contributed by atoms with Crippen molar-refractivity contribution in [2.24, 2.45) is 0 Å². The van der Waals surface area contributed by atoms with Gasteiger partial charge in [-0.3, -0.25) is 5.43 Å². The SMILES string of the molecule is CC(C)(C)OC(=O)N[C@@H](Cc1ccccc1)[C@@H](O)CN(Cc1ccc(-c2cccs2)cc1)NC(=O)OC(C)(C)C. The van der Waals surface area contributed by atoms with Crippen LogP contribution in [0.1, 0.15) is 52.7 Å². The molecule has 0 aliphatic carbocycles. The molecule has 40 heavy (non-hydrogen) atoms. The van der Waals surface area contributed by atoms with E-state index in [0.29, 0.717) is 13.0 Å². The van der Waals surface area contributed by atoms with Gasteiger partial charge in [0, 0.05) is 18.0 Å². The second-order valence-corrected chi connectivity index (χ2v) is 12.6. The lowest BCUT2D eigenvalue weighted by Crippen LogP contribution is -2.54. The molecule has 3 aromatic rings. The number of alkyl carbamates (subject to hydrolysis) is 1. The van der Waals surface area contributed by atoms with E-state index in [2.05, 4.69) is 16.8 Å². The van der Waals surface area contributed by atoms with Crippen LogP contribution in [-0.2, 0) is 22.4 Å². The van der Waals surface area contributed by atoms with Crippen LogP contribution in [0.25, 0.3) is 10.4 Å². The van der Waals surface area contributed by atoms with Gasteiger partial charge in [0.15, 0.2) is 0 Å². The molecule has 0 unspecified atom stereocenters. The lowest BCUT2D eigenvalue weighted by atomic mass is 10.0. The molecule has 1 heterocycles. The van der Waals surface area contributed by atoms with Gasteiger partial charge in [0.2, 0.25) is 0 Å². The molecule has 3 rings (SSSR count). The Bertz CT molecular complexity index is 1200. The Labute approximate surface area is 241 Å². The number of nitrogens with zero attached hydrogens (tertiary/aromatic N) is 1. The Hall–Kier alpha value is -3.40. The Balaban J connectivity index is 1.79. The lowest BCUT2D eigenvalue weighted by molar-refractivity contribution is 0.0106. The molecule has 9 heteroatoms. The van der Waals surface area contributed by atoms with E-state index in [1.807, 2.05) is 66.0 Å². The highest BCUT2D eigenvalue weighted by Crippen LogP contribution is 2.25. The standard InChI is InChI=1S/C31H41N3O5S/c1-30(2,3)38-28(36)32-25(19-22-11-8-7-9-12-22)26(35)21-34(33-29(37)39-31(4,5)6)20-23-14-16-24(17-15-23)27-13-10-18-40-27/h7-18,25-26,35H,19-21H2,1-6H3,(H,32,36)(H,33,37)/t25-,26-/m0/s1. The fourth-order valence-electron chi connectivity index (χ4n) is 3.98. The van der Waals surface area contributed by atoms with E-state index in [4.69, 9.17) is 9.47 Å². The minimum atomic E-state index is -1.05. The van der Waals surface area contributed by atoms with Crippen molar-refractivity contribution in [2.75, 3.05) is 6.54 Å². The minimum absolute atomic E-state index is 0.0270. The number of ether oxygens (including phenoxy) is 2. The lowest BCUT2D eigenvalue weighted by Gasteiger charge is -2.31. The van der Waals surface area contributed by atoms with Crippen molar-refractivity contribution in [1.29, 1.82) is 0 Å². The number of carbonyl (C=O) groups excluding carboxylic acids is 2. The number of benzene rings is 2. The van der Waals surface area contributed by atoms with E-state index in [-0.39, 0.29) is 6.54 Å². The average molecular weight is 568 g/mol. The number of rotatable bonds is 10. The summed E-state index contributed by atoms with van der Waals surface area (Å²) < 4.78 is 10.9. The third kappa shape index (κ3) is 11.0. The number of aliphatic hydroxyl groups excluding tert-OH is 1. The minimum Gasteiger partial charge on any atom is -0.444 e. The van der Waals surface area contributed by atoms with Gasteiger partial charge in [-0.2, -0.15) is 0 Å². The van der Waals surface area contributed by atoms with E-state index < -0.39 is 35.5 Å². The fourth-order valence-corrected chi connectivity index (χ4v) is 4.71. The third-order valence-corrected chi connectivity index (χ3v) is 6.57. The number of nitrogens with one attached hydrogen (secondary N) is 2. The van der Waals surface area contributed by atoms with E-state index in [1.165, 1.54) is 4.88 Å². The second-order valence-electron chi connectivity index (χ2n) is 11.7. The Kier molecular flexibility index (Phi) is 10.7. The largest absolute Gasteiger partial charge is 0.444 e. The second kappa shape index (κ2) is 13.8. The maximum atomic E-state index is 12.7. The Morgan fingerprint density at radius 1 is 0.850 bits per heavy atom. The molecule has 0 saturated carbocycles. The van der Waals surface area contributed by atoms with Gasteiger partial charge in [-0.25, -0.2) is 14.6 Å². The summed E-state index contributed by atoms with van der Waals surface area (Å²) >= 11 is 1.67. The van der Waals surface area contributed by atoms with Crippen LogP contribution in [0.2, 0.25) is 0 Å². The number of carbonyl (C=O) groups is 2. The van der Waals surface area contributed by atoms with Crippen LogP contribution in [0.3, 0.4) is 0 Å². The number of hydrogen-bond acceptors (Lipinski definition) is 7. The predicted molar refractivity (Wildman–Crippen MR) is 159 cm³/mol.